The maximum absolute atomic E-state index is 12.7. The topological polar surface area (TPSA) is 88.8 Å². The van der Waals surface area contributed by atoms with E-state index in [0.717, 1.165) is 34.2 Å². The Morgan fingerprint density at radius 2 is 2.04 bits per heavy atom. The van der Waals surface area contributed by atoms with Crippen LogP contribution in [-0.4, -0.2) is 15.9 Å². The number of rotatable bonds is 7. The van der Waals surface area contributed by atoms with Gasteiger partial charge in [0, 0.05) is 16.2 Å². The van der Waals surface area contributed by atoms with Gasteiger partial charge in [0.05, 0.1) is 5.39 Å². The molecule has 0 aliphatic heterocycles. The third kappa shape index (κ3) is 4.42. The molecule has 0 saturated heterocycles. The summed E-state index contributed by atoms with van der Waals surface area (Å²) in [5, 5.41) is 1.36. The number of carbonyl (C=O) groups excluding carboxylic acids is 1. The van der Waals surface area contributed by atoms with Crippen molar-refractivity contribution < 1.29 is 4.79 Å². The van der Waals surface area contributed by atoms with E-state index in [1.54, 1.807) is 23.5 Å². The quantitative estimate of drug-likeness (QED) is 0.457. The van der Waals surface area contributed by atoms with E-state index in [4.69, 9.17) is 5.73 Å². The number of amides is 1. The number of hydrogen-bond acceptors (Lipinski definition) is 5. The number of carbonyl (C=O) groups is 1. The van der Waals surface area contributed by atoms with E-state index in [0.29, 0.717) is 22.4 Å². The minimum atomic E-state index is -0.438. The maximum atomic E-state index is 12.7. The van der Waals surface area contributed by atoms with Gasteiger partial charge >= 0.3 is 0 Å². The number of thioether (sulfide) groups is 1. The summed E-state index contributed by atoms with van der Waals surface area (Å²) in [6.45, 7) is 6.44. The highest BCUT2D eigenvalue weighted by Crippen LogP contribution is 2.31. The molecule has 0 unspecified atom stereocenters. The zero-order valence-corrected chi connectivity index (χ0v) is 17.3. The molecule has 3 aromatic rings. The van der Waals surface area contributed by atoms with Crippen molar-refractivity contribution in [3.05, 3.63) is 56.2 Å². The van der Waals surface area contributed by atoms with E-state index in [9.17, 15) is 9.59 Å². The first-order valence-electron chi connectivity index (χ1n) is 8.92. The minimum Gasteiger partial charge on any atom is -0.366 e. The second-order valence-corrected chi connectivity index (χ2v) is 8.92. The number of aromatic nitrogens is 2. The van der Waals surface area contributed by atoms with Gasteiger partial charge in [-0.25, -0.2) is 4.98 Å². The van der Waals surface area contributed by atoms with E-state index in [1.165, 1.54) is 16.6 Å². The fourth-order valence-electron chi connectivity index (χ4n) is 2.88. The summed E-state index contributed by atoms with van der Waals surface area (Å²) in [5.41, 5.74) is 7.85. The molecular weight excluding hydrogens is 378 g/mol. The van der Waals surface area contributed by atoms with Gasteiger partial charge in [0.1, 0.15) is 4.83 Å². The lowest BCUT2D eigenvalue weighted by molar-refractivity contribution is 0.100. The number of aromatic amines is 1. The molecule has 0 radical (unpaired) electrons. The Morgan fingerprint density at radius 1 is 1.33 bits per heavy atom. The number of aryl methyl sites for hydroxylation is 1. The number of H-pyrrole nitrogens is 1. The van der Waals surface area contributed by atoms with Crippen molar-refractivity contribution in [2.45, 2.75) is 44.5 Å². The predicted octanol–water partition coefficient (Wildman–Crippen LogP) is 4.27. The summed E-state index contributed by atoms with van der Waals surface area (Å²) < 4.78 is 0. The summed E-state index contributed by atoms with van der Waals surface area (Å²) >= 11 is 3.06. The fourth-order valence-corrected chi connectivity index (χ4v) is 4.81. The molecule has 1 amide bonds. The van der Waals surface area contributed by atoms with Crippen LogP contribution >= 0.6 is 23.1 Å². The van der Waals surface area contributed by atoms with Crippen molar-refractivity contribution >= 4 is 39.2 Å². The Balaban J connectivity index is 1.82. The van der Waals surface area contributed by atoms with Crippen molar-refractivity contribution in [2.24, 2.45) is 11.7 Å². The number of hydrogen-bond donors (Lipinski definition) is 2. The molecule has 0 spiro atoms. The molecule has 1 atom stereocenters. The van der Waals surface area contributed by atoms with Crippen LogP contribution in [0, 0.1) is 12.8 Å². The number of primary amides is 1. The second-order valence-electron chi connectivity index (χ2n) is 6.76. The molecule has 3 rings (SSSR count). The standard InChI is InChI=1S/C20H23N3O2S2/c1-4-11(2)9-15-12(3)27-19-16(15)18(25)22-20(23-19)26-10-13-5-7-14(8-6-13)17(21)24/h5-8,11H,4,9-10H2,1-3H3,(H2,21,24)(H,22,23,25)/t11-/m0/s1. The lowest BCUT2D eigenvalue weighted by Gasteiger charge is -2.08. The molecule has 27 heavy (non-hydrogen) atoms. The summed E-state index contributed by atoms with van der Waals surface area (Å²) in [7, 11) is 0. The third-order valence-corrected chi connectivity index (χ3v) is 6.69. The van der Waals surface area contributed by atoms with Crippen molar-refractivity contribution in [1.29, 1.82) is 0 Å². The van der Waals surface area contributed by atoms with Crippen molar-refractivity contribution in [3.63, 3.8) is 0 Å². The van der Waals surface area contributed by atoms with Gasteiger partial charge < -0.3 is 10.7 Å². The highest BCUT2D eigenvalue weighted by molar-refractivity contribution is 7.98. The minimum absolute atomic E-state index is 0.0609. The van der Waals surface area contributed by atoms with Crippen molar-refractivity contribution in [3.8, 4) is 0 Å². The Bertz CT molecular complexity index is 1020. The van der Waals surface area contributed by atoms with Gasteiger partial charge in [-0.3, -0.25) is 9.59 Å². The lowest BCUT2D eigenvalue weighted by atomic mass is 9.98. The number of nitrogens with two attached hydrogens (primary N) is 1. The van der Waals surface area contributed by atoms with E-state index >= 15 is 0 Å². The normalized spacial score (nSPS) is 12.4. The van der Waals surface area contributed by atoms with Crippen LogP contribution in [0.2, 0.25) is 0 Å². The molecule has 7 heteroatoms. The molecule has 2 heterocycles. The first-order valence-corrected chi connectivity index (χ1v) is 10.7. The molecule has 0 bridgehead atoms. The smallest absolute Gasteiger partial charge is 0.260 e. The van der Waals surface area contributed by atoms with Crippen LogP contribution in [-0.2, 0) is 12.2 Å². The largest absolute Gasteiger partial charge is 0.366 e. The monoisotopic (exact) mass is 401 g/mol. The molecule has 2 aromatic heterocycles. The molecule has 5 nitrogen and oxygen atoms in total. The Hall–Kier alpha value is -2.12. The highest BCUT2D eigenvalue weighted by atomic mass is 32.2. The fraction of sp³-hybridized carbons (Fsp3) is 0.350. The first-order chi connectivity index (χ1) is 12.9. The van der Waals surface area contributed by atoms with Crippen LogP contribution in [0.25, 0.3) is 10.2 Å². The second kappa shape index (κ2) is 8.27. The van der Waals surface area contributed by atoms with Crippen molar-refractivity contribution in [1.82, 2.24) is 9.97 Å². The number of benzene rings is 1. The molecule has 142 valence electrons. The van der Waals surface area contributed by atoms with Crippen LogP contribution in [0.1, 0.15) is 46.6 Å². The number of nitrogens with zero attached hydrogens (tertiary/aromatic N) is 1. The van der Waals surface area contributed by atoms with Gasteiger partial charge in [0.2, 0.25) is 5.91 Å². The molecular formula is C20H23N3O2S2. The Kier molecular flexibility index (Phi) is 6.01. The van der Waals surface area contributed by atoms with Crippen molar-refractivity contribution in [2.75, 3.05) is 0 Å². The van der Waals surface area contributed by atoms with Gasteiger partial charge in [-0.15, -0.1) is 11.3 Å². The molecule has 0 saturated carbocycles. The average Bonchev–Trinajstić information content (AvgIpc) is 2.95. The summed E-state index contributed by atoms with van der Waals surface area (Å²) in [6, 6.07) is 7.15. The van der Waals surface area contributed by atoms with Crippen LogP contribution < -0.4 is 11.3 Å². The number of nitrogens with one attached hydrogen (secondary N) is 1. The zero-order chi connectivity index (χ0) is 19.6. The van der Waals surface area contributed by atoms with Gasteiger partial charge in [0.15, 0.2) is 5.16 Å². The van der Waals surface area contributed by atoms with E-state index in [-0.39, 0.29) is 5.56 Å². The maximum Gasteiger partial charge on any atom is 0.260 e. The lowest BCUT2D eigenvalue weighted by Crippen LogP contribution is -2.11. The van der Waals surface area contributed by atoms with Crippen LogP contribution in [0.15, 0.2) is 34.2 Å². The van der Waals surface area contributed by atoms with E-state index < -0.39 is 5.91 Å². The summed E-state index contributed by atoms with van der Waals surface area (Å²) in [5.74, 6) is 0.752. The van der Waals surface area contributed by atoms with Gasteiger partial charge in [0.25, 0.3) is 5.56 Å². The van der Waals surface area contributed by atoms with Crippen LogP contribution in [0.5, 0.6) is 0 Å². The van der Waals surface area contributed by atoms with Gasteiger partial charge in [-0.1, -0.05) is 44.2 Å². The molecule has 0 aliphatic rings. The SMILES string of the molecule is CC[C@H](C)Cc1c(C)sc2nc(SCc3ccc(C(N)=O)cc3)[nH]c(=O)c12. The number of fused-ring (bicyclic) bond motifs is 1. The third-order valence-electron chi connectivity index (χ3n) is 4.70. The molecule has 3 N–H and O–H groups in total. The summed E-state index contributed by atoms with van der Waals surface area (Å²) in [4.78, 5) is 33.4. The van der Waals surface area contributed by atoms with Crippen LogP contribution in [0.4, 0.5) is 0 Å². The van der Waals surface area contributed by atoms with E-state index in [1.807, 2.05) is 12.1 Å². The average molecular weight is 402 g/mol. The Morgan fingerprint density at radius 3 is 2.67 bits per heavy atom. The predicted molar refractivity (Wildman–Crippen MR) is 113 cm³/mol. The Labute approximate surface area is 166 Å². The van der Waals surface area contributed by atoms with Gasteiger partial charge in [-0.05, 0) is 42.5 Å². The zero-order valence-electron chi connectivity index (χ0n) is 15.7. The molecule has 1 aromatic carbocycles. The highest BCUT2D eigenvalue weighted by Gasteiger charge is 2.17. The van der Waals surface area contributed by atoms with Gasteiger partial charge in [-0.2, -0.15) is 0 Å². The first kappa shape index (κ1) is 19.6. The number of thiophene rings is 1. The molecule has 0 fully saturated rings. The summed E-state index contributed by atoms with van der Waals surface area (Å²) in [6.07, 6.45) is 2.00. The molecule has 0 aliphatic carbocycles. The van der Waals surface area contributed by atoms with E-state index in [2.05, 4.69) is 30.7 Å². The van der Waals surface area contributed by atoms with Crippen LogP contribution in [0.3, 0.4) is 0 Å².